The number of benzene rings is 3. The number of imidazole rings is 2. The number of carbonyl (C=O) groups is 13. The molecule has 0 aliphatic carbocycles. The number of aromatic amines is 2. The van der Waals surface area contributed by atoms with Gasteiger partial charge in [0, 0.05) is 92.9 Å². The predicted octanol–water partition coefficient (Wildman–Crippen LogP) is 3.04. The Morgan fingerprint density at radius 2 is 0.835 bits per heavy atom. The van der Waals surface area contributed by atoms with Gasteiger partial charge in [0.25, 0.3) is 0 Å². The topological polar surface area (TPSA) is 490 Å². The molecule has 2 aromatic heterocycles. The number of nitrogens with two attached hydrogens (primary N) is 3. The van der Waals surface area contributed by atoms with E-state index in [9.17, 15) is 77.6 Å². The quantitative estimate of drug-likeness (QED) is 0.0266. The van der Waals surface area contributed by atoms with Crippen molar-refractivity contribution in [2.75, 3.05) is 0 Å². The molecule has 29 heteroatoms. The maximum absolute atomic E-state index is 14.6. The first-order chi connectivity index (χ1) is 48.6. The molecule has 0 bridgehead atoms. The van der Waals surface area contributed by atoms with Crippen molar-refractivity contribution in [2.24, 2.45) is 64.5 Å². The second kappa shape index (κ2) is 40.3. The van der Waals surface area contributed by atoms with Gasteiger partial charge in [0.05, 0.1) is 61.2 Å². The number of aromatic hydroxyl groups is 3. The van der Waals surface area contributed by atoms with E-state index in [1.165, 1.54) is 80.5 Å². The van der Waals surface area contributed by atoms with Gasteiger partial charge in [0.1, 0.15) is 23.3 Å². The number of aromatic nitrogens is 4. The molecule has 17 N–H and O–H groups in total. The van der Waals surface area contributed by atoms with Crippen molar-refractivity contribution in [1.82, 2.24) is 51.8 Å². The molecule has 0 unspecified atom stereocenters. The molecule has 3 aromatic carbocycles. The number of Topliss-reactive ketones (excluding diaryl/α,β-unsaturated/α-hetero) is 5. The molecule has 0 saturated carbocycles. The Labute approximate surface area is 599 Å². The lowest BCUT2D eigenvalue weighted by Gasteiger charge is -2.27. The molecule has 0 aliphatic rings. The Kier molecular flexibility index (Phi) is 32.5. The third-order valence-electron chi connectivity index (χ3n) is 17.8. The summed E-state index contributed by atoms with van der Waals surface area (Å²) < 4.78 is 0. The standard InChI is InChI=1S/C74H101N13O16/c1-39(2)24-57(61(92)29-47(25-44-10-16-52(88)17-11-44)72(101)86-67(41(5)6)64(95)31-49(28-50-35-78-37-80-50)71(100)85-59(69(77)98)32-51-36-79-38-81-51)83-66(97)23-22-60(91)43(9)82-73(102)55(40(3)4)33-62(93)58(34-65(76)96)84-70(99)48(26-45-12-18-53(89)19-13-45)30-63(94)68(42(7)8)87-74(103)56(75)27-46-14-20-54(90)21-15-46/h10-21,35-43,47-49,55-59,67-68,88-90H,22-34,75H2,1-9H3,(H2,76,96)(H2,77,98)(H,78,80)(H,79,81)(H,82,102)(H,83,97)(H,84,99)(H,85,100)(H,86,101)(H,87,103)/t43-,47+,48+,49+,55-,56-,57-,58-,59-,67-,68-/m1/s1. The van der Waals surface area contributed by atoms with Crippen molar-refractivity contribution < 1.29 is 77.6 Å². The van der Waals surface area contributed by atoms with Crippen LogP contribution in [0.4, 0.5) is 0 Å². The van der Waals surface area contributed by atoms with E-state index in [0.29, 0.717) is 28.1 Å². The van der Waals surface area contributed by atoms with E-state index < -0.39 is 205 Å². The zero-order valence-electron chi connectivity index (χ0n) is 59.9. The van der Waals surface area contributed by atoms with E-state index >= 15 is 0 Å². The highest BCUT2D eigenvalue weighted by Gasteiger charge is 2.38. The number of rotatable bonds is 45. The van der Waals surface area contributed by atoms with Crippen molar-refractivity contribution in [3.05, 3.63) is 126 Å². The Morgan fingerprint density at radius 1 is 0.417 bits per heavy atom. The van der Waals surface area contributed by atoms with Crippen molar-refractivity contribution in [1.29, 1.82) is 0 Å². The molecule has 29 nitrogen and oxygen atoms in total. The van der Waals surface area contributed by atoms with Crippen molar-refractivity contribution in [3.63, 3.8) is 0 Å². The number of hydrogen-bond donors (Lipinski definition) is 14. The van der Waals surface area contributed by atoms with Gasteiger partial charge in [-0.05, 0) is 109 Å². The van der Waals surface area contributed by atoms with Crippen molar-refractivity contribution in [2.45, 2.75) is 188 Å². The summed E-state index contributed by atoms with van der Waals surface area (Å²) in [7, 11) is 0. The largest absolute Gasteiger partial charge is 0.508 e. The van der Waals surface area contributed by atoms with E-state index in [0.717, 1.165) is 0 Å². The molecule has 0 aliphatic heterocycles. The van der Waals surface area contributed by atoms with Crippen LogP contribution >= 0.6 is 0 Å². The van der Waals surface area contributed by atoms with Gasteiger partial charge in [-0.1, -0.05) is 91.8 Å². The van der Waals surface area contributed by atoms with Gasteiger partial charge in [-0.3, -0.25) is 62.3 Å². The fourth-order valence-corrected chi connectivity index (χ4v) is 11.9. The molecule has 8 amide bonds. The van der Waals surface area contributed by atoms with Gasteiger partial charge < -0.3 is 74.4 Å². The Hall–Kier alpha value is -10.4. The van der Waals surface area contributed by atoms with Gasteiger partial charge in [0.2, 0.25) is 47.3 Å². The van der Waals surface area contributed by atoms with Crippen LogP contribution in [0.1, 0.15) is 142 Å². The monoisotopic (exact) mass is 1430 g/mol. The lowest BCUT2D eigenvalue weighted by Crippen LogP contribution is -2.52. The maximum atomic E-state index is 14.6. The third kappa shape index (κ3) is 27.8. The van der Waals surface area contributed by atoms with Gasteiger partial charge >= 0.3 is 0 Å². The minimum atomic E-state index is -1.59. The summed E-state index contributed by atoms with van der Waals surface area (Å²) in [6.07, 6.45) is 2.35. The smallest absolute Gasteiger partial charge is 0.240 e. The molecule has 5 aromatic rings. The number of nitrogens with zero attached hydrogens (tertiary/aromatic N) is 2. The lowest BCUT2D eigenvalue weighted by atomic mass is 9.86. The molecular weight excluding hydrogens is 1330 g/mol. The minimum Gasteiger partial charge on any atom is -0.508 e. The van der Waals surface area contributed by atoms with E-state index in [1.54, 1.807) is 65.8 Å². The molecular formula is C74H101N13O16. The normalized spacial score (nSPS) is 14.7. The van der Waals surface area contributed by atoms with Gasteiger partial charge in [-0.2, -0.15) is 0 Å². The molecule has 0 spiro atoms. The van der Waals surface area contributed by atoms with E-state index in [4.69, 9.17) is 17.2 Å². The summed E-state index contributed by atoms with van der Waals surface area (Å²) in [5.74, 6) is -15.6. The van der Waals surface area contributed by atoms with Gasteiger partial charge in [0.15, 0.2) is 28.9 Å². The molecule has 558 valence electrons. The van der Waals surface area contributed by atoms with E-state index in [2.05, 4.69) is 51.8 Å². The second-order valence-corrected chi connectivity index (χ2v) is 28.0. The first-order valence-electron chi connectivity index (χ1n) is 34.6. The van der Waals surface area contributed by atoms with Gasteiger partial charge in [-0.15, -0.1) is 0 Å². The van der Waals surface area contributed by atoms with Crippen LogP contribution in [0.5, 0.6) is 17.2 Å². The highest BCUT2D eigenvalue weighted by atomic mass is 16.3. The Balaban J connectivity index is 1.24. The van der Waals surface area contributed by atoms with Crippen LogP contribution in [0.25, 0.3) is 0 Å². The summed E-state index contributed by atoms with van der Waals surface area (Å²) in [6, 6.07) is 9.32. The minimum absolute atomic E-state index is 0.00955. The highest BCUT2D eigenvalue weighted by Crippen LogP contribution is 2.25. The number of primary amides is 2. The second-order valence-electron chi connectivity index (χ2n) is 28.0. The Bertz CT molecular complexity index is 3690. The third-order valence-corrected chi connectivity index (χ3v) is 17.8. The molecule has 0 radical (unpaired) electrons. The van der Waals surface area contributed by atoms with Crippen LogP contribution < -0.4 is 49.1 Å². The average Bonchev–Trinajstić information content (AvgIpc) is 1.30. The number of carbonyl (C=O) groups excluding carboxylic acids is 13. The summed E-state index contributed by atoms with van der Waals surface area (Å²) in [4.78, 5) is 194. The number of nitrogens with one attached hydrogen (secondary N) is 8. The zero-order chi connectivity index (χ0) is 76.4. The van der Waals surface area contributed by atoms with E-state index in [-0.39, 0.29) is 61.7 Å². The zero-order valence-corrected chi connectivity index (χ0v) is 59.9. The number of phenolic OH excluding ortho intramolecular Hbond substituents is 3. The molecule has 11 atom stereocenters. The first kappa shape index (κ1) is 83.2. The maximum Gasteiger partial charge on any atom is 0.240 e. The van der Waals surface area contributed by atoms with Crippen LogP contribution in [-0.2, 0) is 94.4 Å². The number of H-pyrrole nitrogens is 2. The highest BCUT2D eigenvalue weighted by molar-refractivity contribution is 6.00. The molecule has 0 saturated heterocycles. The summed E-state index contributed by atoms with van der Waals surface area (Å²) >= 11 is 0. The molecule has 103 heavy (non-hydrogen) atoms. The molecule has 0 fully saturated rings. The van der Waals surface area contributed by atoms with Crippen LogP contribution in [0.2, 0.25) is 0 Å². The number of amides is 8. The van der Waals surface area contributed by atoms with Crippen LogP contribution in [-0.4, -0.2) is 154 Å². The van der Waals surface area contributed by atoms with Gasteiger partial charge in [-0.25, -0.2) is 9.97 Å². The summed E-state index contributed by atoms with van der Waals surface area (Å²) in [6.45, 7) is 15.1. The van der Waals surface area contributed by atoms with Crippen LogP contribution in [0.3, 0.4) is 0 Å². The van der Waals surface area contributed by atoms with Crippen LogP contribution in [0, 0.1) is 47.3 Å². The van der Waals surface area contributed by atoms with Crippen LogP contribution in [0.15, 0.2) is 97.8 Å². The molecule has 2 heterocycles. The number of hydrogen-bond acceptors (Lipinski definition) is 19. The van der Waals surface area contributed by atoms with Crippen molar-refractivity contribution >= 4 is 76.2 Å². The fourth-order valence-electron chi connectivity index (χ4n) is 11.9. The SMILES string of the molecule is CC(C)C[C@@H](NC(=O)CCC(=O)[C@@H](C)NC(=O)[C@H](CC(=O)[C@@H](CC(N)=O)NC(=O)[C@H](CC(=O)[C@H](NC(=O)[C@H](N)Cc1ccc(O)cc1)C(C)C)Cc1ccc(O)cc1)C(C)C)C(=O)C[C@H](Cc1ccc(O)cc1)C(=O)N[C@@H](C(=O)C[C@H](Cc1cnc[nH]1)C(=O)N[C@H](Cc1cnc[nH]1)C(N)=O)C(C)C. The lowest BCUT2D eigenvalue weighted by molar-refractivity contribution is -0.136. The summed E-state index contributed by atoms with van der Waals surface area (Å²) in [5, 5.41) is 45.9. The van der Waals surface area contributed by atoms with E-state index in [1.807, 2.05) is 13.8 Å². The summed E-state index contributed by atoms with van der Waals surface area (Å²) in [5.41, 5.74) is 20.3. The first-order valence-corrected chi connectivity index (χ1v) is 34.6. The Morgan fingerprint density at radius 3 is 1.26 bits per heavy atom. The predicted molar refractivity (Wildman–Crippen MR) is 379 cm³/mol. The van der Waals surface area contributed by atoms with Crippen molar-refractivity contribution in [3.8, 4) is 17.2 Å². The fraction of sp³-hybridized carbons (Fsp3) is 0.500. The number of ketones is 5. The number of phenols is 3. The average molecular weight is 1430 g/mol. The molecule has 5 rings (SSSR count).